The lowest BCUT2D eigenvalue weighted by Gasteiger charge is -2.37. The predicted octanol–water partition coefficient (Wildman–Crippen LogP) is 3.17. The molecule has 0 aromatic carbocycles. The molecule has 3 heteroatoms. The Hall–Kier alpha value is -1.82. The van der Waals surface area contributed by atoms with E-state index in [9.17, 15) is 0 Å². The van der Waals surface area contributed by atoms with Gasteiger partial charge in [-0.05, 0) is 50.7 Å². The molecule has 2 saturated heterocycles. The molecule has 0 amide bonds. The van der Waals surface area contributed by atoms with Crippen molar-refractivity contribution in [2.45, 2.75) is 50.6 Å². The summed E-state index contributed by atoms with van der Waals surface area (Å²) in [4.78, 5) is 6.99. The molecule has 3 aliphatic rings. The van der Waals surface area contributed by atoms with E-state index in [1.54, 1.807) is 17.3 Å². The monoisotopic (exact) mass is 251 g/mol. The molecule has 3 nitrogen and oxygen atoms in total. The second-order valence-corrected chi connectivity index (χ2v) is 5.92. The lowest BCUT2D eigenvalue weighted by molar-refractivity contribution is 0.543. The first-order valence-electron chi connectivity index (χ1n) is 7.19. The Kier molecular flexibility index (Phi) is 2.38. The molecule has 19 heavy (non-hydrogen) atoms. The molecule has 0 radical (unpaired) electrons. The van der Waals surface area contributed by atoms with Crippen LogP contribution in [0.5, 0.6) is 0 Å². The van der Waals surface area contributed by atoms with Crippen molar-refractivity contribution in [3.8, 4) is 6.07 Å². The average Bonchev–Trinajstić information content (AvgIpc) is 3.25. The van der Waals surface area contributed by atoms with E-state index in [1.165, 1.54) is 38.5 Å². The number of anilines is 1. The summed E-state index contributed by atoms with van der Waals surface area (Å²) in [5.41, 5.74) is 4.13. The largest absolute Gasteiger partial charge is 0.350 e. The van der Waals surface area contributed by atoms with Gasteiger partial charge in [-0.15, -0.1) is 0 Å². The van der Waals surface area contributed by atoms with Gasteiger partial charge in [0.05, 0.1) is 5.56 Å². The number of piperidine rings is 1. The number of pyridine rings is 1. The van der Waals surface area contributed by atoms with Crippen LogP contribution in [0, 0.1) is 11.3 Å². The normalized spacial score (nSPS) is 28.5. The molecule has 2 unspecified atom stereocenters. The SMILES string of the molecule is N#Cc1ccc(N2C3CCC2CC(=C2CC2)C3)nc1. The fourth-order valence-corrected chi connectivity index (χ4v) is 3.70. The molecule has 1 aromatic rings. The summed E-state index contributed by atoms with van der Waals surface area (Å²) in [6.45, 7) is 0. The summed E-state index contributed by atoms with van der Waals surface area (Å²) >= 11 is 0. The molecule has 1 saturated carbocycles. The van der Waals surface area contributed by atoms with Crippen LogP contribution in [0.25, 0.3) is 0 Å². The highest BCUT2D eigenvalue weighted by molar-refractivity contribution is 5.48. The molecule has 1 aromatic heterocycles. The summed E-state index contributed by atoms with van der Waals surface area (Å²) in [5.74, 6) is 1.06. The summed E-state index contributed by atoms with van der Waals surface area (Å²) < 4.78 is 0. The van der Waals surface area contributed by atoms with Gasteiger partial charge in [-0.1, -0.05) is 11.1 Å². The number of nitriles is 1. The van der Waals surface area contributed by atoms with Crippen molar-refractivity contribution in [2.24, 2.45) is 0 Å². The maximum atomic E-state index is 8.85. The Bertz CT molecular complexity index is 557. The average molecular weight is 251 g/mol. The highest BCUT2D eigenvalue weighted by Crippen LogP contribution is 2.45. The zero-order valence-corrected chi connectivity index (χ0v) is 11.0. The highest BCUT2D eigenvalue weighted by Gasteiger charge is 2.40. The Balaban J connectivity index is 1.62. The van der Waals surface area contributed by atoms with Crippen LogP contribution in [0.2, 0.25) is 0 Å². The van der Waals surface area contributed by atoms with E-state index >= 15 is 0 Å². The van der Waals surface area contributed by atoms with E-state index in [0.717, 1.165) is 5.82 Å². The first-order chi connectivity index (χ1) is 9.35. The van der Waals surface area contributed by atoms with Gasteiger partial charge in [-0.2, -0.15) is 5.26 Å². The predicted molar refractivity (Wildman–Crippen MR) is 73.7 cm³/mol. The van der Waals surface area contributed by atoms with E-state index in [4.69, 9.17) is 5.26 Å². The van der Waals surface area contributed by atoms with Gasteiger partial charge in [-0.25, -0.2) is 4.98 Å². The number of rotatable bonds is 1. The van der Waals surface area contributed by atoms with E-state index in [0.29, 0.717) is 17.6 Å². The molecule has 2 atom stereocenters. The Morgan fingerprint density at radius 2 is 1.84 bits per heavy atom. The summed E-state index contributed by atoms with van der Waals surface area (Å²) in [5, 5.41) is 8.85. The summed E-state index contributed by atoms with van der Waals surface area (Å²) in [6.07, 6.45) is 9.48. The first kappa shape index (κ1) is 11.0. The van der Waals surface area contributed by atoms with Gasteiger partial charge >= 0.3 is 0 Å². The topological polar surface area (TPSA) is 39.9 Å². The number of hydrogen-bond acceptors (Lipinski definition) is 3. The van der Waals surface area contributed by atoms with E-state index in [1.807, 2.05) is 12.1 Å². The molecule has 3 fully saturated rings. The van der Waals surface area contributed by atoms with Crippen LogP contribution < -0.4 is 4.90 Å². The highest BCUT2D eigenvalue weighted by atomic mass is 15.3. The molecule has 4 rings (SSSR count). The third kappa shape index (κ3) is 1.83. The van der Waals surface area contributed by atoms with Crippen LogP contribution in [0.4, 0.5) is 5.82 Å². The van der Waals surface area contributed by atoms with Gasteiger partial charge in [0.25, 0.3) is 0 Å². The minimum absolute atomic E-state index is 0.641. The van der Waals surface area contributed by atoms with Crippen molar-refractivity contribution in [1.29, 1.82) is 5.26 Å². The summed E-state index contributed by atoms with van der Waals surface area (Å²) in [6, 6.07) is 7.32. The Morgan fingerprint density at radius 1 is 1.11 bits per heavy atom. The van der Waals surface area contributed by atoms with Crippen molar-refractivity contribution < 1.29 is 0 Å². The van der Waals surface area contributed by atoms with Crippen LogP contribution in [-0.2, 0) is 0 Å². The van der Waals surface area contributed by atoms with Gasteiger partial charge in [-0.3, -0.25) is 0 Å². The fourth-order valence-electron chi connectivity index (χ4n) is 3.70. The molecular formula is C16H17N3. The number of fused-ring (bicyclic) bond motifs is 2. The third-order valence-electron chi connectivity index (χ3n) is 4.73. The van der Waals surface area contributed by atoms with E-state index in [2.05, 4.69) is 16.0 Å². The van der Waals surface area contributed by atoms with E-state index < -0.39 is 0 Å². The Morgan fingerprint density at radius 3 is 2.37 bits per heavy atom. The van der Waals surface area contributed by atoms with Gasteiger partial charge < -0.3 is 4.90 Å². The van der Waals surface area contributed by atoms with Gasteiger partial charge in [0.15, 0.2) is 0 Å². The van der Waals surface area contributed by atoms with Gasteiger partial charge in [0.2, 0.25) is 0 Å². The smallest absolute Gasteiger partial charge is 0.129 e. The molecular weight excluding hydrogens is 234 g/mol. The lowest BCUT2D eigenvalue weighted by Crippen LogP contribution is -2.41. The van der Waals surface area contributed by atoms with Gasteiger partial charge in [0, 0.05) is 18.3 Å². The van der Waals surface area contributed by atoms with Crippen LogP contribution in [0.1, 0.15) is 44.1 Å². The number of hydrogen-bond donors (Lipinski definition) is 0. The maximum absolute atomic E-state index is 8.85. The van der Waals surface area contributed by atoms with Gasteiger partial charge in [0.1, 0.15) is 11.9 Å². The third-order valence-corrected chi connectivity index (χ3v) is 4.73. The molecule has 0 N–H and O–H groups in total. The van der Waals surface area contributed by atoms with Crippen LogP contribution in [0.15, 0.2) is 29.5 Å². The number of nitrogens with zero attached hydrogens (tertiary/aromatic N) is 3. The van der Waals surface area contributed by atoms with Crippen LogP contribution >= 0.6 is 0 Å². The van der Waals surface area contributed by atoms with Crippen molar-refractivity contribution in [3.63, 3.8) is 0 Å². The zero-order valence-electron chi connectivity index (χ0n) is 11.0. The van der Waals surface area contributed by atoms with Crippen LogP contribution in [-0.4, -0.2) is 17.1 Å². The minimum atomic E-state index is 0.641. The molecule has 0 spiro atoms. The second-order valence-electron chi connectivity index (χ2n) is 5.92. The first-order valence-corrected chi connectivity index (χ1v) is 7.19. The summed E-state index contributed by atoms with van der Waals surface area (Å²) in [7, 11) is 0. The molecule has 2 aliphatic heterocycles. The van der Waals surface area contributed by atoms with Crippen molar-refractivity contribution in [3.05, 3.63) is 35.0 Å². The molecule has 2 bridgehead atoms. The van der Waals surface area contributed by atoms with Crippen molar-refractivity contribution >= 4 is 5.82 Å². The maximum Gasteiger partial charge on any atom is 0.129 e. The standard InChI is InChI=1S/C16H17N3/c17-9-11-1-6-16(18-10-11)19-14-4-5-15(19)8-13(7-14)12-2-3-12/h1,6,10,14-15H,2-5,7-8H2. The van der Waals surface area contributed by atoms with Crippen molar-refractivity contribution in [1.82, 2.24) is 4.98 Å². The van der Waals surface area contributed by atoms with Crippen molar-refractivity contribution in [2.75, 3.05) is 4.90 Å². The Labute approximate surface area is 113 Å². The lowest BCUT2D eigenvalue weighted by atomic mass is 9.95. The molecule has 96 valence electrons. The second kappa shape index (κ2) is 4.09. The van der Waals surface area contributed by atoms with Crippen LogP contribution in [0.3, 0.4) is 0 Å². The fraction of sp³-hybridized carbons (Fsp3) is 0.500. The van der Waals surface area contributed by atoms with E-state index in [-0.39, 0.29) is 0 Å². The quantitative estimate of drug-likeness (QED) is 0.720. The zero-order chi connectivity index (χ0) is 12.8. The minimum Gasteiger partial charge on any atom is -0.350 e. The number of allylic oxidation sites excluding steroid dienone is 1. The molecule has 3 heterocycles. The molecule has 1 aliphatic carbocycles. The number of aromatic nitrogens is 1.